The van der Waals surface area contributed by atoms with Crippen LogP contribution in [0.15, 0.2) is 0 Å². The summed E-state index contributed by atoms with van der Waals surface area (Å²) >= 11 is 0. The van der Waals surface area contributed by atoms with Gasteiger partial charge in [-0.3, -0.25) is 14.5 Å². The highest BCUT2D eigenvalue weighted by atomic mass is 35.5. The summed E-state index contributed by atoms with van der Waals surface area (Å²) < 4.78 is 5.33. The Morgan fingerprint density at radius 2 is 1.61 bits per heavy atom. The number of halogens is 2. The number of amides is 2. The first-order chi connectivity index (χ1) is 12.4. The molecule has 3 unspecified atom stereocenters. The third-order valence-electron chi connectivity index (χ3n) is 6.41. The minimum absolute atomic E-state index is 0. The van der Waals surface area contributed by atoms with Gasteiger partial charge in [-0.25, -0.2) is 0 Å². The molecule has 2 amide bonds. The minimum Gasteiger partial charge on any atom is -0.378 e. The van der Waals surface area contributed by atoms with Gasteiger partial charge in [0.2, 0.25) is 11.8 Å². The van der Waals surface area contributed by atoms with Crippen LogP contribution in [-0.4, -0.2) is 90.6 Å². The van der Waals surface area contributed by atoms with E-state index in [4.69, 9.17) is 10.5 Å². The Morgan fingerprint density at radius 1 is 1.00 bits per heavy atom. The fourth-order valence-corrected chi connectivity index (χ4v) is 4.52. The standard InChI is InChI=1S/C19H34N4O3.2ClH/c1-15(17(24)23-11-13-26-14-12-23)21-7-9-22(10-8-21)18(25)16-5-3-4-6-19(16,2)20;;/h15-16H,3-14,20H2,1-2H3;2*1H. The van der Waals surface area contributed by atoms with E-state index in [9.17, 15) is 9.59 Å². The first-order valence-electron chi connectivity index (χ1n) is 10.1. The smallest absolute Gasteiger partial charge is 0.239 e. The van der Waals surface area contributed by atoms with E-state index in [-0.39, 0.29) is 54.1 Å². The summed E-state index contributed by atoms with van der Waals surface area (Å²) in [5.74, 6) is 0.326. The lowest BCUT2D eigenvalue weighted by molar-refractivity contribution is -0.144. The van der Waals surface area contributed by atoms with E-state index in [0.717, 1.165) is 38.8 Å². The zero-order valence-electron chi connectivity index (χ0n) is 17.1. The molecule has 7 nitrogen and oxygen atoms in total. The molecule has 164 valence electrons. The van der Waals surface area contributed by atoms with E-state index in [2.05, 4.69) is 4.90 Å². The highest BCUT2D eigenvalue weighted by Gasteiger charge is 2.41. The lowest BCUT2D eigenvalue weighted by Gasteiger charge is -2.43. The molecule has 3 fully saturated rings. The summed E-state index contributed by atoms with van der Waals surface area (Å²) in [5, 5.41) is 0. The Hall–Kier alpha value is -0.600. The predicted molar refractivity (Wildman–Crippen MR) is 114 cm³/mol. The molecule has 0 aromatic rings. The molecule has 9 heteroatoms. The maximum absolute atomic E-state index is 13.0. The van der Waals surface area contributed by atoms with E-state index < -0.39 is 0 Å². The molecule has 3 aliphatic rings. The fourth-order valence-electron chi connectivity index (χ4n) is 4.52. The molecule has 3 rings (SSSR count). The first kappa shape index (κ1) is 25.4. The van der Waals surface area contributed by atoms with E-state index in [0.29, 0.717) is 39.4 Å². The number of nitrogens with zero attached hydrogens (tertiary/aromatic N) is 3. The molecule has 2 aliphatic heterocycles. The highest BCUT2D eigenvalue weighted by molar-refractivity contribution is 5.85. The Balaban J connectivity index is 0.00000196. The van der Waals surface area contributed by atoms with Crippen molar-refractivity contribution in [2.45, 2.75) is 51.1 Å². The Bertz CT molecular complexity index is 521. The van der Waals surface area contributed by atoms with Crippen molar-refractivity contribution in [3.8, 4) is 0 Å². The van der Waals surface area contributed by atoms with Crippen LogP contribution >= 0.6 is 24.8 Å². The van der Waals surface area contributed by atoms with Gasteiger partial charge in [0.1, 0.15) is 0 Å². The second-order valence-corrected chi connectivity index (χ2v) is 8.28. The van der Waals surface area contributed by atoms with E-state index >= 15 is 0 Å². The van der Waals surface area contributed by atoms with Crippen molar-refractivity contribution in [3.05, 3.63) is 0 Å². The maximum atomic E-state index is 13.0. The molecule has 0 radical (unpaired) electrons. The van der Waals surface area contributed by atoms with Crippen LogP contribution in [0.5, 0.6) is 0 Å². The van der Waals surface area contributed by atoms with Crippen LogP contribution in [0.25, 0.3) is 0 Å². The highest BCUT2D eigenvalue weighted by Crippen LogP contribution is 2.33. The van der Waals surface area contributed by atoms with Gasteiger partial charge in [-0.2, -0.15) is 0 Å². The number of rotatable bonds is 3. The molecular weight excluding hydrogens is 403 g/mol. The molecule has 0 spiro atoms. The molecule has 2 N–H and O–H groups in total. The van der Waals surface area contributed by atoms with Crippen molar-refractivity contribution in [2.75, 3.05) is 52.5 Å². The SMILES string of the molecule is CC(C(=O)N1CCOCC1)N1CCN(C(=O)C2CCCCC2(C)N)CC1.Cl.Cl. The zero-order chi connectivity index (χ0) is 18.7. The van der Waals surface area contributed by atoms with Gasteiger partial charge in [0.15, 0.2) is 0 Å². The van der Waals surface area contributed by atoms with Gasteiger partial charge in [-0.15, -0.1) is 24.8 Å². The lowest BCUT2D eigenvalue weighted by atomic mass is 9.74. The van der Waals surface area contributed by atoms with Crippen LogP contribution in [0.2, 0.25) is 0 Å². The summed E-state index contributed by atoms with van der Waals surface area (Å²) in [6.45, 7) is 9.48. The van der Waals surface area contributed by atoms with Crippen molar-refractivity contribution < 1.29 is 14.3 Å². The monoisotopic (exact) mass is 438 g/mol. The number of piperazine rings is 1. The van der Waals surface area contributed by atoms with Gasteiger partial charge in [-0.05, 0) is 26.7 Å². The largest absolute Gasteiger partial charge is 0.378 e. The van der Waals surface area contributed by atoms with Crippen molar-refractivity contribution in [1.29, 1.82) is 0 Å². The molecule has 0 aromatic carbocycles. The molecule has 0 bridgehead atoms. The van der Waals surface area contributed by atoms with Gasteiger partial charge in [0, 0.05) is 44.8 Å². The second-order valence-electron chi connectivity index (χ2n) is 8.28. The Kier molecular flexibility index (Phi) is 9.97. The predicted octanol–water partition coefficient (Wildman–Crippen LogP) is 1.13. The van der Waals surface area contributed by atoms with Crippen LogP contribution in [0.1, 0.15) is 39.5 Å². The summed E-state index contributed by atoms with van der Waals surface area (Å²) in [6.07, 6.45) is 4.03. The fraction of sp³-hybridized carbons (Fsp3) is 0.895. The molecule has 2 heterocycles. The Labute approximate surface area is 181 Å². The van der Waals surface area contributed by atoms with Crippen LogP contribution in [0.4, 0.5) is 0 Å². The topological polar surface area (TPSA) is 79.1 Å². The summed E-state index contributed by atoms with van der Waals surface area (Å²) in [6, 6.07) is -0.139. The van der Waals surface area contributed by atoms with Crippen LogP contribution < -0.4 is 5.73 Å². The number of ether oxygens (including phenoxy) is 1. The van der Waals surface area contributed by atoms with Gasteiger partial charge in [-0.1, -0.05) is 12.8 Å². The summed E-state index contributed by atoms with van der Waals surface area (Å²) in [4.78, 5) is 31.7. The van der Waals surface area contributed by atoms with Crippen LogP contribution in [0, 0.1) is 5.92 Å². The van der Waals surface area contributed by atoms with Gasteiger partial charge >= 0.3 is 0 Å². The maximum Gasteiger partial charge on any atom is 0.239 e. The quantitative estimate of drug-likeness (QED) is 0.714. The average Bonchev–Trinajstić information content (AvgIpc) is 2.67. The van der Waals surface area contributed by atoms with Gasteiger partial charge < -0.3 is 20.3 Å². The Morgan fingerprint density at radius 3 is 2.18 bits per heavy atom. The van der Waals surface area contributed by atoms with Crippen LogP contribution in [-0.2, 0) is 14.3 Å². The zero-order valence-corrected chi connectivity index (χ0v) is 18.7. The number of nitrogens with two attached hydrogens (primary N) is 1. The number of morpholine rings is 1. The molecule has 1 aliphatic carbocycles. The van der Waals surface area contributed by atoms with Crippen molar-refractivity contribution in [2.24, 2.45) is 11.7 Å². The van der Waals surface area contributed by atoms with Crippen molar-refractivity contribution in [3.63, 3.8) is 0 Å². The third-order valence-corrected chi connectivity index (χ3v) is 6.41. The number of carbonyl (C=O) groups excluding carboxylic acids is 2. The number of hydrogen-bond donors (Lipinski definition) is 1. The minimum atomic E-state index is -0.383. The molecule has 0 aromatic heterocycles. The first-order valence-corrected chi connectivity index (χ1v) is 10.1. The third kappa shape index (κ3) is 5.72. The molecular formula is C19H36Cl2N4O3. The van der Waals surface area contributed by atoms with Crippen molar-refractivity contribution >= 4 is 36.6 Å². The van der Waals surface area contributed by atoms with Crippen molar-refractivity contribution in [1.82, 2.24) is 14.7 Å². The average molecular weight is 439 g/mol. The molecule has 2 saturated heterocycles. The summed E-state index contributed by atoms with van der Waals surface area (Å²) in [5.41, 5.74) is 6.03. The number of carbonyl (C=O) groups is 2. The molecule has 1 saturated carbocycles. The summed E-state index contributed by atoms with van der Waals surface area (Å²) in [7, 11) is 0. The van der Waals surface area contributed by atoms with E-state index in [1.54, 1.807) is 0 Å². The molecule has 28 heavy (non-hydrogen) atoms. The normalized spacial score (nSPS) is 30.0. The number of hydrogen-bond acceptors (Lipinski definition) is 5. The molecule has 3 atom stereocenters. The van der Waals surface area contributed by atoms with E-state index in [1.165, 1.54) is 0 Å². The van der Waals surface area contributed by atoms with E-state index in [1.807, 2.05) is 23.6 Å². The van der Waals surface area contributed by atoms with Crippen LogP contribution in [0.3, 0.4) is 0 Å². The second kappa shape index (κ2) is 11.0. The lowest BCUT2D eigenvalue weighted by Crippen LogP contribution is -2.59. The van der Waals surface area contributed by atoms with Gasteiger partial charge in [0.25, 0.3) is 0 Å². The van der Waals surface area contributed by atoms with Gasteiger partial charge in [0.05, 0.1) is 25.2 Å².